The molecule has 2 amide bonds. The zero-order valence-electron chi connectivity index (χ0n) is 10.1. The van der Waals surface area contributed by atoms with Crippen LogP contribution in [0.1, 0.15) is 24.0 Å². The summed E-state index contributed by atoms with van der Waals surface area (Å²) in [6.07, 6.45) is 6.29. The lowest BCUT2D eigenvalue weighted by atomic mass is 10.1. The summed E-state index contributed by atoms with van der Waals surface area (Å²) >= 11 is 0. The molecule has 0 spiro atoms. The number of urea groups is 1. The van der Waals surface area contributed by atoms with Gasteiger partial charge in [0, 0.05) is 12.7 Å². The predicted molar refractivity (Wildman–Crippen MR) is 68.4 cm³/mol. The summed E-state index contributed by atoms with van der Waals surface area (Å²) in [4.78, 5) is 11.4. The minimum atomic E-state index is -0.150. The molecule has 0 aliphatic heterocycles. The van der Waals surface area contributed by atoms with Gasteiger partial charge in [-0.3, -0.25) is 0 Å². The Bertz CT molecular complexity index is 405. The monoisotopic (exact) mass is 230 g/mol. The lowest BCUT2D eigenvalue weighted by Crippen LogP contribution is -2.31. The number of hydrogen-bond acceptors (Lipinski definition) is 1. The second kappa shape index (κ2) is 5.53. The van der Waals surface area contributed by atoms with Crippen LogP contribution in [-0.4, -0.2) is 6.03 Å². The molecule has 90 valence electrons. The lowest BCUT2D eigenvalue weighted by molar-refractivity contribution is 0.243. The zero-order valence-corrected chi connectivity index (χ0v) is 10.1. The van der Waals surface area contributed by atoms with E-state index in [2.05, 4.69) is 10.6 Å². The summed E-state index contributed by atoms with van der Waals surface area (Å²) in [6.45, 7) is 2.61. The van der Waals surface area contributed by atoms with Crippen LogP contribution in [-0.2, 0) is 6.54 Å². The van der Waals surface area contributed by atoms with E-state index in [-0.39, 0.29) is 6.03 Å². The van der Waals surface area contributed by atoms with E-state index in [1.165, 1.54) is 18.4 Å². The first-order chi connectivity index (χ1) is 8.24. The maximum Gasteiger partial charge on any atom is 0.319 e. The van der Waals surface area contributed by atoms with Gasteiger partial charge in [0.1, 0.15) is 0 Å². The molecular formula is C14H18N2O. The van der Waals surface area contributed by atoms with Crippen LogP contribution in [0.5, 0.6) is 0 Å². The summed E-state index contributed by atoms with van der Waals surface area (Å²) in [5.74, 6) is 0.687. The average molecular weight is 230 g/mol. The van der Waals surface area contributed by atoms with Gasteiger partial charge in [0.15, 0.2) is 0 Å². The number of carbonyl (C=O) groups excluding carboxylic acids is 1. The smallest absolute Gasteiger partial charge is 0.319 e. The summed E-state index contributed by atoms with van der Waals surface area (Å²) in [5, 5.41) is 5.52. The van der Waals surface area contributed by atoms with Crippen molar-refractivity contribution in [1.29, 1.82) is 0 Å². The van der Waals surface area contributed by atoms with Crippen molar-refractivity contribution in [3.05, 3.63) is 47.7 Å². The Labute approximate surface area is 102 Å². The quantitative estimate of drug-likeness (QED) is 0.820. The highest BCUT2D eigenvalue weighted by atomic mass is 16.2. The van der Waals surface area contributed by atoms with E-state index in [0.29, 0.717) is 12.5 Å². The third-order valence-electron chi connectivity index (χ3n) is 2.78. The standard InChI is InChI=1S/C14H18N2O/c1-11-2-4-13(5-3-11)10-16-14(17)15-9-8-12-6-7-12/h2-5,8-9,12H,6-7,10H2,1H3,(H2,15,16,17)/b9-8+. The van der Waals surface area contributed by atoms with Crippen LogP contribution in [0.15, 0.2) is 36.5 Å². The van der Waals surface area contributed by atoms with Gasteiger partial charge in [-0.15, -0.1) is 0 Å². The second-order valence-corrected chi connectivity index (χ2v) is 4.51. The average Bonchev–Trinajstić information content (AvgIpc) is 3.12. The van der Waals surface area contributed by atoms with Crippen molar-refractivity contribution in [3.8, 4) is 0 Å². The minimum absolute atomic E-state index is 0.150. The summed E-state index contributed by atoms with van der Waals surface area (Å²) in [5.41, 5.74) is 2.34. The maximum atomic E-state index is 11.4. The van der Waals surface area contributed by atoms with E-state index in [9.17, 15) is 4.79 Å². The number of rotatable bonds is 4. The summed E-state index contributed by atoms with van der Waals surface area (Å²) in [7, 11) is 0. The molecule has 0 aromatic heterocycles. The van der Waals surface area contributed by atoms with Crippen LogP contribution < -0.4 is 10.6 Å². The molecule has 1 saturated carbocycles. The molecule has 1 aliphatic carbocycles. The number of amides is 2. The fraction of sp³-hybridized carbons (Fsp3) is 0.357. The third kappa shape index (κ3) is 4.31. The molecule has 0 atom stereocenters. The largest absolute Gasteiger partial charge is 0.334 e. The van der Waals surface area contributed by atoms with Crippen LogP contribution in [0.25, 0.3) is 0 Å². The summed E-state index contributed by atoms with van der Waals surface area (Å²) < 4.78 is 0. The van der Waals surface area contributed by atoms with E-state index < -0.39 is 0 Å². The maximum absolute atomic E-state index is 11.4. The van der Waals surface area contributed by atoms with Crippen LogP contribution in [0.2, 0.25) is 0 Å². The molecule has 3 heteroatoms. The molecular weight excluding hydrogens is 212 g/mol. The van der Waals surface area contributed by atoms with Gasteiger partial charge in [0.25, 0.3) is 0 Å². The van der Waals surface area contributed by atoms with E-state index in [0.717, 1.165) is 5.56 Å². The molecule has 0 radical (unpaired) electrons. The topological polar surface area (TPSA) is 41.1 Å². The van der Waals surface area contributed by atoms with Crippen LogP contribution in [0.3, 0.4) is 0 Å². The van der Waals surface area contributed by atoms with Gasteiger partial charge in [-0.25, -0.2) is 4.79 Å². The van der Waals surface area contributed by atoms with Gasteiger partial charge in [-0.1, -0.05) is 35.9 Å². The van der Waals surface area contributed by atoms with E-state index in [1.54, 1.807) is 6.20 Å². The molecule has 1 aromatic rings. The van der Waals surface area contributed by atoms with Crippen molar-refractivity contribution < 1.29 is 4.79 Å². The van der Waals surface area contributed by atoms with Crippen molar-refractivity contribution >= 4 is 6.03 Å². The number of nitrogens with one attached hydrogen (secondary N) is 2. The molecule has 3 nitrogen and oxygen atoms in total. The van der Waals surface area contributed by atoms with Crippen LogP contribution in [0.4, 0.5) is 4.79 Å². The highest BCUT2D eigenvalue weighted by Crippen LogP contribution is 2.29. The highest BCUT2D eigenvalue weighted by molar-refractivity contribution is 5.74. The Kier molecular flexibility index (Phi) is 3.81. The first kappa shape index (κ1) is 11.7. The van der Waals surface area contributed by atoms with Crippen molar-refractivity contribution in [1.82, 2.24) is 10.6 Å². The van der Waals surface area contributed by atoms with Gasteiger partial charge in [-0.05, 0) is 31.2 Å². The lowest BCUT2D eigenvalue weighted by Gasteiger charge is -2.05. The predicted octanol–water partition coefficient (Wildman–Crippen LogP) is 2.72. The van der Waals surface area contributed by atoms with Crippen molar-refractivity contribution in [3.63, 3.8) is 0 Å². The molecule has 0 heterocycles. The van der Waals surface area contributed by atoms with Crippen LogP contribution in [0, 0.1) is 12.8 Å². The number of hydrogen-bond donors (Lipinski definition) is 2. The van der Waals surface area contributed by atoms with Gasteiger partial charge < -0.3 is 10.6 Å². The molecule has 17 heavy (non-hydrogen) atoms. The summed E-state index contributed by atoms with van der Waals surface area (Å²) in [6, 6.07) is 7.98. The Morgan fingerprint density at radius 2 is 2.06 bits per heavy atom. The second-order valence-electron chi connectivity index (χ2n) is 4.51. The van der Waals surface area contributed by atoms with Crippen LogP contribution >= 0.6 is 0 Å². The molecule has 0 unspecified atom stereocenters. The van der Waals surface area contributed by atoms with E-state index in [1.807, 2.05) is 37.3 Å². The highest BCUT2D eigenvalue weighted by Gasteiger charge is 2.16. The molecule has 0 saturated heterocycles. The molecule has 1 aromatic carbocycles. The molecule has 1 fully saturated rings. The Hall–Kier alpha value is -1.77. The van der Waals surface area contributed by atoms with Gasteiger partial charge >= 0.3 is 6.03 Å². The first-order valence-corrected chi connectivity index (χ1v) is 6.00. The number of carbonyl (C=O) groups is 1. The van der Waals surface area contributed by atoms with Gasteiger partial charge in [0.05, 0.1) is 0 Å². The van der Waals surface area contributed by atoms with Crippen molar-refractivity contribution in [2.45, 2.75) is 26.3 Å². The molecule has 2 N–H and O–H groups in total. The fourth-order valence-electron chi connectivity index (χ4n) is 1.49. The van der Waals surface area contributed by atoms with Gasteiger partial charge in [-0.2, -0.15) is 0 Å². The van der Waals surface area contributed by atoms with Gasteiger partial charge in [0.2, 0.25) is 0 Å². The Morgan fingerprint density at radius 1 is 1.35 bits per heavy atom. The van der Waals surface area contributed by atoms with E-state index in [4.69, 9.17) is 0 Å². The zero-order chi connectivity index (χ0) is 12.1. The molecule has 2 rings (SSSR count). The Morgan fingerprint density at radius 3 is 2.71 bits per heavy atom. The number of allylic oxidation sites excluding steroid dienone is 1. The van der Waals surface area contributed by atoms with E-state index >= 15 is 0 Å². The number of benzene rings is 1. The normalized spacial score (nSPS) is 14.9. The molecule has 1 aliphatic rings. The van der Waals surface area contributed by atoms with Crippen molar-refractivity contribution in [2.24, 2.45) is 5.92 Å². The third-order valence-corrected chi connectivity index (χ3v) is 2.78. The van der Waals surface area contributed by atoms with Crippen molar-refractivity contribution in [2.75, 3.05) is 0 Å². The SMILES string of the molecule is Cc1ccc(CNC(=O)N/C=C/C2CC2)cc1. The Balaban J connectivity index is 1.69. The molecule has 0 bridgehead atoms. The fourth-order valence-corrected chi connectivity index (χ4v) is 1.49. The number of aryl methyl sites for hydroxylation is 1. The minimum Gasteiger partial charge on any atom is -0.334 e. The first-order valence-electron chi connectivity index (χ1n) is 6.00.